The molecular weight excluding hydrogens is 218 g/mol. The molecule has 1 saturated carbocycles. The molecule has 1 saturated heterocycles. The summed E-state index contributed by atoms with van der Waals surface area (Å²) in [4.78, 5) is 4.56. The van der Waals surface area contributed by atoms with Crippen molar-refractivity contribution in [3.8, 4) is 0 Å². The number of ether oxygens (including phenoxy) is 1. The maximum Gasteiger partial charge on any atom is 0.236 e. The van der Waals surface area contributed by atoms with Crippen LogP contribution in [0.3, 0.4) is 0 Å². The Hall–Kier alpha value is -0.940. The Morgan fingerprint density at radius 2 is 2.12 bits per heavy atom. The zero-order valence-corrected chi connectivity index (χ0v) is 10.2. The molecule has 1 aromatic heterocycles. The quantitative estimate of drug-likeness (QED) is 0.840. The van der Waals surface area contributed by atoms with Gasteiger partial charge in [-0.2, -0.15) is 4.98 Å². The minimum absolute atomic E-state index is 0.0561. The van der Waals surface area contributed by atoms with Crippen LogP contribution in [0.15, 0.2) is 4.52 Å². The fraction of sp³-hybridized carbons (Fsp3) is 0.833. The molecule has 2 N–H and O–H groups in total. The average Bonchev–Trinajstić information content (AvgIpc) is 3.01. The van der Waals surface area contributed by atoms with Gasteiger partial charge in [0.15, 0.2) is 5.82 Å². The van der Waals surface area contributed by atoms with E-state index in [0.29, 0.717) is 25.0 Å². The molecule has 0 bridgehead atoms. The molecule has 1 aliphatic heterocycles. The summed E-state index contributed by atoms with van der Waals surface area (Å²) in [6.07, 6.45) is 4.90. The minimum Gasteiger partial charge on any atom is -0.379 e. The molecule has 2 atom stereocenters. The van der Waals surface area contributed by atoms with Gasteiger partial charge in [0.2, 0.25) is 5.89 Å². The molecule has 2 unspecified atom stereocenters. The third kappa shape index (κ3) is 1.77. The first-order chi connectivity index (χ1) is 8.20. The Bertz CT molecular complexity index is 400. The van der Waals surface area contributed by atoms with Crippen molar-refractivity contribution in [2.45, 2.75) is 50.0 Å². The van der Waals surface area contributed by atoms with Crippen molar-refractivity contribution in [3.63, 3.8) is 0 Å². The van der Waals surface area contributed by atoms with Crippen molar-refractivity contribution in [2.24, 2.45) is 5.73 Å². The van der Waals surface area contributed by atoms with E-state index in [0.717, 1.165) is 5.82 Å². The summed E-state index contributed by atoms with van der Waals surface area (Å²) < 4.78 is 10.8. The summed E-state index contributed by atoms with van der Waals surface area (Å²) in [7, 11) is 0. The summed E-state index contributed by atoms with van der Waals surface area (Å²) in [5.74, 6) is 1.98. The Labute approximate surface area is 101 Å². The summed E-state index contributed by atoms with van der Waals surface area (Å²) in [6.45, 7) is 3.18. The summed E-state index contributed by atoms with van der Waals surface area (Å²) in [5.41, 5.74) is 5.74. The molecule has 17 heavy (non-hydrogen) atoms. The maximum absolute atomic E-state index is 6.06. The van der Waals surface area contributed by atoms with Crippen LogP contribution in [0.1, 0.15) is 50.2 Å². The first kappa shape index (κ1) is 11.2. The number of nitrogens with two attached hydrogens (primary N) is 1. The fourth-order valence-corrected chi connectivity index (χ4v) is 2.73. The molecule has 94 valence electrons. The van der Waals surface area contributed by atoms with Crippen LogP contribution < -0.4 is 5.73 Å². The van der Waals surface area contributed by atoms with Gasteiger partial charge in [-0.05, 0) is 19.8 Å². The second-order valence-electron chi connectivity index (χ2n) is 5.48. The van der Waals surface area contributed by atoms with E-state index < -0.39 is 0 Å². The first-order valence-electron chi connectivity index (χ1n) is 6.37. The van der Waals surface area contributed by atoms with E-state index in [2.05, 4.69) is 10.1 Å². The van der Waals surface area contributed by atoms with Crippen molar-refractivity contribution in [2.75, 3.05) is 13.2 Å². The van der Waals surface area contributed by atoms with E-state index in [-0.39, 0.29) is 11.5 Å². The molecule has 2 fully saturated rings. The number of hydrogen-bond donors (Lipinski definition) is 1. The lowest BCUT2D eigenvalue weighted by Crippen LogP contribution is -2.42. The molecule has 0 aromatic carbocycles. The molecule has 0 amide bonds. The highest BCUT2D eigenvalue weighted by Gasteiger charge is 2.44. The van der Waals surface area contributed by atoms with E-state index in [1.165, 1.54) is 25.7 Å². The summed E-state index contributed by atoms with van der Waals surface area (Å²) >= 11 is 0. The van der Waals surface area contributed by atoms with Crippen molar-refractivity contribution < 1.29 is 9.26 Å². The molecule has 0 radical (unpaired) electrons. The number of aromatic nitrogens is 2. The summed E-state index contributed by atoms with van der Waals surface area (Å²) in [6, 6.07) is -0.0561. The van der Waals surface area contributed by atoms with Crippen LogP contribution in [0.4, 0.5) is 0 Å². The lowest BCUT2D eigenvalue weighted by atomic mass is 9.86. The lowest BCUT2D eigenvalue weighted by Gasteiger charge is -2.21. The normalized spacial score (nSPS) is 34.6. The van der Waals surface area contributed by atoms with Gasteiger partial charge in [0.1, 0.15) is 0 Å². The van der Waals surface area contributed by atoms with E-state index >= 15 is 0 Å². The third-order valence-electron chi connectivity index (χ3n) is 4.17. The van der Waals surface area contributed by atoms with Crippen LogP contribution in [-0.4, -0.2) is 29.4 Å². The van der Waals surface area contributed by atoms with Gasteiger partial charge in [-0.1, -0.05) is 18.0 Å². The van der Waals surface area contributed by atoms with Crippen molar-refractivity contribution in [1.29, 1.82) is 0 Å². The van der Waals surface area contributed by atoms with E-state index in [1.807, 2.05) is 6.92 Å². The SMILES string of the molecule is CC1(c2nc(C3CCCC3)no2)COCC1N. The standard InChI is InChI=1S/C12H19N3O2/c1-12(7-16-6-9(12)13)11-14-10(15-17-11)8-4-2-3-5-8/h8-9H,2-7,13H2,1H3. The van der Waals surface area contributed by atoms with E-state index in [1.54, 1.807) is 0 Å². The Morgan fingerprint density at radius 3 is 2.76 bits per heavy atom. The topological polar surface area (TPSA) is 74.2 Å². The smallest absolute Gasteiger partial charge is 0.236 e. The fourth-order valence-electron chi connectivity index (χ4n) is 2.73. The van der Waals surface area contributed by atoms with Crippen molar-refractivity contribution in [3.05, 3.63) is 11.7 Å². The van der Waals surface area contributed by atoms with Crippen LogP contribution >= 0.6 is 0 Å². The zero-order chi connectivity index (χ0) is 11.9. The number of hydrogen-bond acceptors (Lipinski definition) is 5. The minimum atomic E-state index is -0.316. The number of nitrogens with zero attached hydrogens (tertiary/aromatic N) is 2. The Kier molecular flexibility index (Phi) is 2.67. The van der Waals surface area contributed by atoms with Crippen molar-refractivity contribution >= 4 is 0 Å². The van der Waals surface area contributed by atoms with E-state index in [9.17, 15) is 0 Å². The molecule has 1 aromatic rings. The Morgan fingerprint density at radius 1 is 1.35 bits per heavy atom. The molecule has 2 heterocycles. The molecule has 5 nitrogen and oxygen atoms in total. The van der Waals surface area contributed by atoms with Gasteiger partial charge in [0, 0.05) is 12.0 Å². The average molecular weight is 237 g/mol. The molecular formula is C12H19N3O2. The second kappa shape index (κ2) is 4.07. The van der Waals surface area contributed by atoms with Crippen LogP contribution in [0.5, 0.6) is 0 Å². The second-order valence-corrected chi connectivity index (χ2v) is 5.48. The highest BCUT2D eigenvalue weighted by Crippen LogP contribution is 2.35. The third-order valence-corrected chi connectivity index (χ3v) is 4.17. The highest BCUT2D eigenvalue weighted by atomic mass is 16.5. The molecule has 2 aliphatic rings. The van der Waals surface area contributed by atoms with Crippen LogP contribution in [0.2, 0.25) is 0 Å². The summed E-state index contributed by atoms with van der Waals surface area (Å²) in [5, 5.41) is 4.13. The van der Waals surface area contributed by atoms with Gasteiger partial charge in [0.05, 0.1) is 18.6 Å². The monoisotopic (exact) mass is 237 g/mol. The first-order valence-corrected chi connectivity index (χ1v) is 6.37. The lowest BCUT2D eigenvalue weighted by molar-refractivity contribution is 0.169. The van der Waals surface area contributed by atoms with Crippen molar-refractivity contribution in [1.82, 2.24) is 10.1 Å². The van der Waals surface area contributed by atoms with Gasteiger partial charge in [-0.25, -0.2) is 0 Å². The van der Waals surface area contributed by atoms with Crippen LogP contribution in [-0.2, 0) is 10.2 Å². The van der Waals surface area contributed by atoms with Gasteiger partial charge in [-0.3, -0.25) is 0 Å². The predicted octanol–water partition coefficient (Wildman–Crippen LogP) is 1.34. The number of rotatable bonds is 2. The Balaban J connectivity index is 1.84. The molecule has 0 spiro atoms. The molecule has 3 rings (SSSR count). The van der Waals surface area contributed by atoms with Gasteiger partial charge < -0.3 is 15.0 Å². The maximum atomic E-state index is 6.06. The van der Waals surface area contributed by atoms with Gasteiger partial charge in [0.25, 0.3) is 0 Å². The van der Waals surface area contributed by atoms with Gasteiger partial charge in [-0.15, -0.1) is 0 Å². The molecule has 5 heteroatoms. The van der Waals surface area contributed by atoms with E-state index in [4.69, 9.17) is 15.0 Å². The highest BCUT2D eigenvalue weighted by molar-refractivity contribution is 5.12. The largest absolute Gasteiger partial charge is 0.379 e. The zero-order valence-electron chi connectivity index (χ0n) is 10.2. The van der Waals surface area contributed by atoms with Crippen LogP contribution in [0, 0.1) is 0 Å². The van der Waals surface area contributed by atoms with Crippen LogP contribution in [0.25, 0.3) is 0 Å². The molecule has 1 aliphatic carbocycles. The van der Waals surface area contributed by atoms with Gasteiger partial charge >= 0.3 is 0 Å². The predicted molar refractivity (Wildman–Crippen MR) is 61.7 cm³/mol.